The summed E-state index contributed by atoms with van der Waals surface area (Å²) in [5, 5.41) is 11.3. The van der Waals surface area contributed by atoms with E-state index in [-0.39, 0.29) is 30.1 Å². The number of benzene rings is 3. The molecule has 3 aromatic carbocycles. The van der Waals surface area contributed by atoms with Gasteiger partial charge in [0.25, 0.3) is 5.91 Å². The molecule has 2 aliphatic rings. The number of carbonyl (C=O) groups excluding carboxylic acids is 1. The molecule has 45 heavy (non-hydrogen) atoms. The van der Waals surface area contributed by atoms with Crippen molar-refractivity contribution in [1.29, 1.82) is 0 Å². The highest BCUT2D eigenvalue weighted by molar-refractivity contribution is 6.74. The Labute approximate surface area is 277 Å². The molecule has 0 radical (unpaired) electrons. The number of hydrogen-bond donors (Lipinski definition) is 1. The lowest BCUT2D eigenvalue weighted by Gasteiger charge is -2.41. The zero-order valence-electron chi connectivity index (χ0n) is 26.6. The van der Waals surface area contributed by atoms with Crippen molar-refractivity contribution in [3.8, 4) is 11.1 Å². The first-order valence-corrected chi connectivity index (χ1v) is 19.2. The summed E-state index contributed by atoms with van der Waals surface area (Å²) < 4.78 is 6.57. The minimum absolute atomic E-state index is 0.0168. The number of carboxylic acid groups (broad SMARTS) is 1. The van der Waals surface area contributed by atoms with E-state index in [4.69, 9.17) is 27.6 Å². The maximum Gasteiger partial charge on any atom is 0.407 e. The Bertz CT molecular complexity index is 1600. The SMILES string of the molecule is CC(C)(C)[Si](C)(C)OCC1CC(c2cccc(-c3ccccc3)c2)=C(C(=O)N(Cc2cccc(Cl)c2Cl)C2CC2)CN1C(=O)O. The Balaban J connectivity index is 1.58. The van der Waals surface area contributed by atoms with Crippen LogP contribution in [-0.2, 0) is 15.8 Å². The second-order valence-corrected chi connectivity index (χ2v) is 19.2. The fourth-order valence-electron chi connectivity index (χ4n) is 5.54. The molecule has 1 N–H and O–H groups in total. The summed E-state index contributed by atoms with van der Waals surface area (Å²) in [5.41, 5.74) is 5.15. The second kappa shape index (κ2) is 13.3. The predicted molar refractivity (Wildman–Crippen MR) is 185 cm³/mol. The third-order valence-corrected chi connectivity index (χ3v) is 14.8. The van der Waals surface area contributed by atoms with Gasteiger partial charge in [-0.05, 0) is 77.4 Å². The molecule has 1 heterocycles. The average Bonchev–Trinajstić information content (AvgIpc) is 3.85. The Hall–Kier alpha value is -3.10. The number of nitrogens with zero attached hydrogens (tertiary/aromatic N) is 2. The molecule has 1 fully saturated rings. The molecule has 0 spiro atoms. The van der Waals surface area contributed by atoms with Gasteiger partial charge in [0.1, 0.15) is 0 Å². The molecule has 3 aromatic rings. The summed E-state index contributed by atoms with van der Waals surface area (Å²) in [6.07, 6.45) is 1.09. The molecule has 1 aliphatic heterocycles. The van der Waals surface area contributed by atoms with E-state index in [1.807, 2.05) is 47.4 Å². The monoisotopic (exact) mass is 664 g/mol. The van der Waals surface area contributed by atoms with Gasteiger partial charge < -0.3 is 14.4 Å². The van der Waals surface area contributed by atoms with E-state index in [1.165, 1.54) is 4.90 Å². The summed E-state index contributed by atoms with van der Waals surface area (Å²) in [5.74, 6) is -0.163. The first kappa shape index (κ1) is 33.3. The lowest BCUT2D eigenvalue weighted by Crippen LogP contribution is -2.51. The van der Waals surface area contributed by atoms with E-state index < -0.39 is 20.5 Å². The van der Waals surface area contributed by atoms with E-state index in [0.29, 0.717) is 28.6 Å². The number of amides is 2. The Kier molecular flexibility index (Phi) is 9.85. The van der Waals surface area contributed by atoms with Gasteiger partial charge in [0.2, 0.25) is 0 Å². The van der Waals surface area contributed by atoms with Gasteiger partial charge in [0.15, 0.2) is 8.32 Å². The van der Waals surface area contributed by atoms with E-state index in [2.05, 4.69) is 58.1 Å². The molecule has 9 heteroatoms. The largest absolute Gasteiger partial charge is 0.465 e. The number of carbonyl (C=O) groups is 2. The van der Waals surface area contributed by atoms with Crippen LogP contribution in [-0.4, -0.2) is 60.5 Å². The normalized spacial score (nSPS) is 17.4. The topological polar surface area (TPSA) is 70.1 Å². The molecule has 0 saturated heterocycles. The average molecular weight is 666 g/mol. The van der Waals surface area contributed by atoms with Crippen molar-refractivity contribution in [3.63, 3.8) is 0 Å². The Morgan fingerprint density at radius 2 is 1.60 bits per heavy atom. The van der Waals surface area contributed by atoms with Gasteiger partial charge in [-0.15, -0.1) is 0 Å². The van der Waals surface area contributed by atoms with Gasteiger partial charge in [0, 0.05) is 18.2 Å². The molecule has 1 saturated carbocycles. The second-order valence-electron chi connectivity index (χ2n) is 13.6. The summed E-state index contributed by atoms with van der Waals surface area (Å²) in [7, 11) is -2.16. The fourth-order valence-corrected chi connectivity index (χ4v) is 6.97. The van der Waals surface area contributed by atoms with Gasteiger partial charge in [0.05, 0.1) is 29.2 Å². The molecule has 2 amide bonds. The summed E-state index contributed by atoms with van der Waals surface area (Å²) in [6, 6.07) is 23.4. The first-order valence-electron chi connectivity index (χ1n) is 15.5. The number of halogens is 2. The molecule has 1 aliphatic carbocycles. The smallest absolute Gasteiger partial charge is 0.407 e. The third-order valence-electron chi connectivity index (χ3n) is 9.46. The van der Waals surface area contributed by atoms with Crippen molar-refractivity contribution in [2.45, 2.75) is 76.8 Å². The molecule has 1 unspecified atom stereocenters. The molecular weight excluding hydrogens is 623 g/mol. The molecule has 1 atom stereocenters. The summed E-state index contributed by atoms with van der Waals surface area (Å²) >= 11 is 12.9. The highest BCUT2D eigenvalue weighted by Gasteiger charge is 2.42. The van der Waals surface area contributed by atoms with Crippen LogP contribution in [0.4, 0.5) is 4.79 Å². The van der Waals surface area contributed by atoms with Gasteiger partial charge in [-0.2, -0.15) is 0 Å². The zero-order valence-corrected chi connectivity index (χ0v) is 29.2. The van der Waals surface area contributed by atoms with Crippen LogP contribution in [0.1, 0.15) is 51.2 Å². The molecule has 5 rings (SSSR count). The van der Waals surface area contributed by atoms with E-state index in [0.717, 1.165) is 40.7 Å². The minimum atomic E-state index is -2.16. The van der Waals surface area contributed by atoms with Crippen molar-refractivity contribution in [2.75, 3.05) is 13.2 Å². The van der Waals surface area contributed by atoms with Crippen LogP contribution in [0.3, 0.4) is 0 Å². The predicted octanol–water partition coefficient (Wildman–Crippen LogP) is 9.38. The van der Waals surface area contributed by atoms with E-state index in [9.17, 15) is 14.7 Å². The number of rotatable bonds is 9. The van der Waals surface area contributed by atoms with Crippen molar-refractivity contribution in [2.24, 2.45) is 0 Å². The summed E-state index contributed by atoms with van der Waals surface area (Å²) in [4.78, 5) is 30.6. The van der Waals surface area contributed by atoms with Gasteiger partial charge in [-0.3, -0.25) is 9.69 Å². The van der Waals surface area contributed by atoms with Crippen molar-refractivity contribution < 1.29 is 19.1 Å². The Morgan fingerprint density at radius 1 is 0.956 bits per heavy atom. The van der Waals surface area contributed by atoms with Crippen molar-refractivity contribution in [3.05, 3.63) is 99.5 Å². The first-order chi connectivity index (χ1) is 21.3. The quantitative estimate of drug-likeness (QED) is 0.231. The standard InChI is InChI=1S/C36H42Cl2N2O4Si/c1-36(2,3)45(4,5)44-23-29-20-30(26-14-9-13-25(19-26)24-11-7-6-8-12-24)31(22-40(29)35(42)43)34(41)39(28-17-18-28)21-27-15-10-16-32(37)33(27)38/h6-16,19,28-29H,17-18,20-23H2,1-5H3,(H,42,43). The van der Waals surface area contributed by atoms with E-state index in [1.54, 1.807) is 6.07 Å². The van der Waals surface area contributed by atoms with Crippen molar-refractivity contribution >= 4 is 49.1 Å². The third kappa shape index (κ3) is 7.49. The molecule has 0 aromatic heterocycles. The summed E-state index contributed by atoms with van der Waals surface area (Å²) in [6.45, 7) is 11.4. The highest BCUT2D eigenvalue weighted by atomic mass is 35.5. The molecule has 0 bridgehead atoms. The van der Waals surface area contributed by atoms with Crippen molar-refractivity contribution in [1.82, 2.24) is 9.80 Å². The van der Waals surface area contributed by atoms with Crippen LogP contribution >= 0.6 is 23.2 Å². The molecular formula is C36H42Cl2N2O4Si. The molecule has 238 valence electrons. The Morgan fingerprint density at radius 3 is 2.24 bits per heavy atom. The lowest BCUT2D eigenvalue weighted by molar-refractivity contribution is -0.128. The van der Waals surface area contributed by atoms with Crippen LogP contribution in [0.2, 0.25) is 28.2 Å². The minimum Gasteiger partial charge on any atom is -0.465 e. The van der Waals surface area contributed by atoms with E-state index >= 15 is 0 Å². The maximum absolute atomic E-state index is 14.6. The highest BCUT2D eigenvalue weighted by Crippen LogP contribution is 2.40. The van der Waals surface area contributed by atoms with Gasteiger partial charge >= 0.3 is 6.09 Å². The van der Waals surface area contributed by atoms with Crippen LogP contribution in [0.5, 0.6) is 0 Å². The van der Waals surface area contributed by atoms with Crippen LogP contribution in [0, 0.1) is 0 Å². The van der Waals surface area contributed by atoms with Crippen LogP contribution in [0.25, 0.3) is 16.7 Å². The zero-order chi connectivity index (χ0) is 32.5. The van der Waals surface area contributed by atoms with Gasteiger partial charge in [-0.1, -0.05) is 105 Å². The lowest BCUT2D eigenvalue weighted by atomic mass is 9.87. The fraction of sp³-hybridized carbons (Fsp3) is 0.389. The number of hydrogen-bond acceptors (Lipinski definition) is 3. The molecule has 6 nitrogen and oxygen atoms in total. The van der Waals surface area contributed by atoms with Gasteiger partial charge in [-0.25, -0.2) is 4.79 Å². The van der Waals surface area contributed by atoms with Crippen LogP contribution < -0.4 is 0 Å². The van der Waals surface area contributed by atoms with Crippen LogP contribution in [0.15, 0.2) is 78.4 Å². The maximum atomic E-state index is 14.6.